The molecule has 10 heavy (non-hydrogen) atoms. The first-order chi connectivity index (χ1) is 4.79. The highest BCUT2D eigenvalue weighted by Gasteiger charge is 1.91. The fourth-order valence-corrected chi connectivity index (χ4v) is 0.574. The minimum atomic E-state index is -0.118. The van der Waals surface area contributed by atoms with E-state index in [0.717, 1.165) is 0 Å². The van der Waals surface area contributed by atoms with Crippen LogP contribution in [0.15, 0.2) is 18.3 Å². The molecule has 1 rings (SSSR count). The third kappa shape index (κ3) is 1.85. The Labute approximate surface area is 59.1 Å². The Kier molecular flexibility index (Phi) is 1.99. The standard InChI is InChI=1S/C7H7N2O/c1-6(10)9-7-4-2-3-5-8-7/h3-5H,1H3,(H,8,9,10). The van der Waals surface area contributed by atoms with Gasteiger partial charge in [-0.15, -0.1) is 0 Å². The lowest BCUT2D eigenvalue weighted by atomic mass is 10.4. The van der Waals surface area contributed by atoms with Gasteiger partial charge in [0.2, 0.25) is 5.91 Å². The van der Waals surface area contributed by atoms with Gasteiger partial charge >= 0.3 is 0 Å². The van der Waals surface area contributed by atoms with Crippen LogP contribution >= 0.6 is 0 Å². The first-order valence-electron chi connectivity index (χ1n) is 2.89. The first-order valence-corrected chi connectivity index (χ1v) is 2.89. The summed E-state index contributed by atoms with van der Waals surface area (Å²) >= 11 is 0. The number of amides is 1. The van der Waals surface area contributed by atoms with Gasteiger partial charge in [0.25, 0.3) is 0 Å². The summed E-state index contributed by atoms with van der Waals surface area (Å²) in [6.07, 6.45) is 1.57. The molecule has 1 radical (unpaired) electrons. The van der Waals surface area contributed by atoms with E-state index in [2.05, 4.69) is 16.4 Å². The van der Waals surface area contributed by atoms with Gasteiger partial charge in [-0.25, -0.2) is 4.98 Å². The van der Waals surface area contributed by atoms with Gasteiger partial charge < -0.3 is 5.32 Å². The lowest BCUT2D eigenvalue weighted by Gasteiger charge is -1.96. The number of anilines is 1. The molecule has 0 atom stereocenters. The number of rotatable bonds is 1. The lowest BCUT2D eigenvalue weighted by Crippen LogP contribution is -2.06. The van der Waals surface area contributed by atoms with Crippen molar-refractivity contribution in [3.8, 4) is 0 Å². The number of nitrogens with one attached hydrogen (secondary N) is 1. The molecule has 1 aromatic heterocycles. The quantitative estimate of drug-likeness (QED) is 0.620. The molecular weight excluding hydrogens is 128 g/mol. The van der Waals surface area contributed by atoms with E-state index in [-0.39, 0.29) is 5.91 Å². The van der Waals surface area contributed by atoms with Crippen molar-refractivity contribution in [2.24, 2.45) is 0 Å². The zero-order valence-electron chi connectivity index (χ0n) is 5.59. The largest absolute Gasteiger partial charge is 0.311 e. The van der Waals surface area contributed by atoms with E-state index in [9.17, 15) is 4.79 Å². The molecule has 0 fully saturated rings. The maximum Gasteiger partial charge on any atom is 0.222 e. The van der Waals surface area contributed by atoms with Gasteiger partial charge in [-0.05, 0) is 18.2 Å². The van der Waals surface area contributed by atoms with Crippen LogP contribution in [0.4, 0.5) is 5.82 Å². The molecule has 0 aliphatic rings. The minimum Gasteiger partial charge on any atom is -0.311 e. The normalized spacial score (nSPS) is 8.90. The van der Waals surface area contributed by atoms with Gasteiger partial charge in [-0.3, -0.25) is 4.79 Å². The van der Waals surface area contributed by atoms with Crippen LogP contribution in [0.1, 0.15) is 6.92 Å². The molecule has 51 valence electrons. The van der Waals surface area contributed by atoms with Gasteiger partial charge in [-0.1, -0.05) is 0 Å². The average Bonchev–Trinajstić information content (AvgIpc) is 1.88. The second-order valence-electron chi connectivity index (χ2n) is 1.82. The lowest BCUT2D eigenvalue weighted by molar-refractivity contribution is -0.114. The van der Waals surface area contributed by atoms with E-state index in [1.165, 1.54) is 6.92 Å². The summed E-state index contributed by atoms with van der Waals surface area (Å²) in [7, 11) is 0. The van der Waals surface area contributed by atoms with Crippen molar-refractivity contribution in [3.05, 3.63) is 24.4 Å². The first kappa shape index (κ1) is 6.74. The predicted molar refractivity (Wildman–Crippen MR) is 37.4 cm³/mol. The van der Waals surface area contributed by atoms with Crippen LogP contribution in [-0.4, -0.2) is 10.9 Å². The van der Waals surface area contributed by atoms with Crippen molar-refractivity contribution in [1.29, 1.82) is 0 Å². The van der Waals surface area contributed by atoms with Crippen molar-refractivity contribution in [2.45, 2.75) is 6.92 Å². The molecule has 0 bridgehead atoms. The zero-order chi connectivity index (χ0) is 7.40. The van der Waals surface area contributed by atoms with Gasteiger partial charge in [0.1, 0.15) is 5.82 Å². The second-order valence-corrected chi connectivity index (χ2v) is 1.82. The van der Waals surface area contributed by atoms with Gasteiger partial charge in [-0.2, -0.15) is 0 Å². The monoisotopic (exact) mass is 135 g/mol. The third-order valence-electron chi connectivity index (χ3n) is 0.909. The third-order valence-corrected chi connectivity index (χ3v) is 0.909. The molecule has 1 N–H and O–H groups in total. The van der Waals surface area contributed by atoms with E-state index < -0.39 is 0 Å². The van der Waals surface area contributed by atoms with Gasteiger partial charge in [0, 0.05) is 13.1 Å². The molecule has 3 nitrogen and oxygen atoms in total. The smallest absolute Gasteiger partial charge is 0.222 e. The van der Waals surface area contributed by atoms with Gasteiger partial charge in [0.05, 0.1) is 0 Å². The average molecular weight is 135 g/mol. The Morgan fingerprint density at radius 2 is 2.60 bits per heavy atom. The summed E-state index contributed by atoms with van der Waals surface area (Å²) in [5.41, 5.74) is 0. The molecule has 0 aromatic carbocycles. The Morgan fingerprint density at radius 3 is 3.10 bits per heavy atom. The van der Waals surface area contributed by atoms with E-state index in [1.807, 2.05) is 0 Å². The fourth-order valence-electron chi connectivity index (χ4n) is 0.574. The SMILES string of the molecule is CC(=O)Nc1c[c]ccn1. The molecule has 1 amide bonds. The van der Waals surface area contributed by atoms with E-state index in [4.69, 9.17) is 0 Å². The van der Waals surface area contributed by atoms with Crippen LogP contribution in [0.25, 0.3) is 0 Å². The summed E-state index contributed by atoms with van der Waals surface area (Å²) in [4.78, 5) is 14.3. The predicted octanol–water partition coefficient (Wildman–Crippen LogP) is 0.840. The molecule has 0 saturated carbocycles. The number of carbonyl (C=O) groups excluding carboxylic acids is 1. The van der Waals surface area contributed by atoms with E-state index in [1.54, 1.807) is 18.3 Å². The zero-order valence-corrected chi connectivity index (χ0v) is 5.59. The second kappa shape index (κ2) is 2.96. The summed E-state index contributed by atoms with van der Waals surface area (Å²) in [6, 6.07) is 6.07. The molecule has 0 aliphatic heterocycles. The Morgan fingerprint density at radius 1 is 1.80 bits per heavy atom. The van der Waals surface area contributed by atoms with E-state index in [0.29, 0.717) is 5.82 Å². The highest BCUT2D eigenvalue weighted by molar-refractivity contribution is 5.87. The molecule has 0 unspecified atom stereocenters. The molecule has 0 spiro atoms. The molecule has 1 heterocycles. The molecule has 0 aliphatic carbocycles. The van der Waals surface area contributed by atoms with Crippen LogP contribution in [-0.2, 0) is 4.79 Å². The molecular formula is C7H7N2O. The number of nitrogens with zero attached hydrogens (tertiary/aromatic N) is 1. The van der Waals surface area contributed by atoms with Crippen molar-refractivity contribution >= 4 is 11.7 Å². The van der Waals surface area contributed by atoms with Crippen LogP contribution in [0.2, 0.25) is 0 Å². The molecule has 1 aromatic rings. The number of pyridine rings is 1. The van der Waals surface area contributed by atoms with Crippen LogP contribution in [0, 0.1) is 6.07 Å². The highest BCUT2D eigenvalue weighted by atomic mass is 16.1. The molecule has 0 saturated heterocycles. The maximum absolute atomic E-state index is 10.4. The van der Waals surface area contributed by atoms with Crippen molar-refractivity contribution in [1.82, 2.24) is 4.98 Å². The Bertz CT molecular complexity index is 220. The Balaban J connectivity index is 2.67. The van der Waals surface area contributed by atoms with Crippen LogP contribution in [0.5, 0.6) is 0 Å². The summed E-state index contributed by atoms with van der Waals surface area (Å²) in [5.74, 6) is 0.419. The number of aromatic nitrogens is 1. The highest BCUT2D eigenvalue weighted by Crippen LogP contribution is 1.97. The van der Waals surface area contributed by atoms with Crippen LogP contribution in [0.3, 0.4) is 0 Å². The number of carbonyl (C=O) groups is 1. The summed E-state index contributed by atoms with van der Waals surface area (Å²) < 4.78 is 0. The number of hydrogen-bond acceptors (Lipinski definition) is 2. The van der Waals surface area contributed by atoms with Crippen molar-refractivity contribution in [3.63, 3.8) is 0 Å². The summed E-state index contributed by atoms with van der Waals surface area (Å²) in [5, 5.41) is 2.52. The molecule has 3 heteroatoms. The topological polar surface area (TPSA) is 42.0 Å². The Hall–Kier alpha value is -1.38. The van der Waals surface area contributed by atoms with Crippen molar-refractivity contribution in [2.75, 3.05) is 5.32 Å². The van der Waals surface area contributed by atoms with E-state index >= 15 is 0 Å². The van der Waals surface area contributed by atoms with Gasteiger partial charge in [0.15, 0.2) is 0 Å². The summed E-state index contributed by atoms with van der Waals surface area (Å²) in [6.45, 7) is 1.44. The fraction of sp³-hybridized carbons (Fsp3) is 0.143. The minimum absolute atomic E-state index is 0.118. The van der Waals surface area contributed by atoms with Crippen LogP contribution < -0.4 is 5.32 Å². The number of hydrogen-bond donors (Lipinski definition) is 1. The van der Waals surface area contributed by atoms with Crippen molar-refractivity contribution < 1.29 is 4.79 Å². The maximum atomic E-state index is 10.4.